The number of halogens is 3. The van der Waals surface area contributed by atoms with Gasteiger partial charge in [-0.1, -0.05) is 57.9 Å². The van der Waals surface area contributed by atoms with Crippen LogP contribution in [0.1, 0.15) is 46.5 Å². The van der Waals surface area contributed by atoms with Gasteiger partial charge >= 0.3 is 0 Å². The van der Waals surface area contributed by atoms with Crippen molar-refractivity contribution < 1.29 is 5.11 Å². The molecule has 2 aliphatic rings. The van der Waals surface area contributed by atoms with Crippen LogP contribution in [0.25, 0.3) is 0 Å². The Morgan fingerprint density at radius 1 is 1.32 bits per heavy atom. The summed E-state index contributed by atoms with van der Waals surface area (Å²) in [4.78, 5) is 0.0917. The van der Waals surface area contributed by atoms with Gasteiger partial charge in [-0.25, -0.2) is 0 Å². The molecule has 1 nitrogen and oxygen atoms in total. The molecule has 2 aliphatic carbocycles. The minimum absolute atomic E-state index is 0.00797. The van der Waals surface area contributed by atoms with Gasteiger partial charge in [0.05, 0.1) is 6.10 Å². The zero-order valence-electron chi connectivity index (χ0n) is 11.8. The third kappa shape index (κ3) is 2.37. The van der Waals surface area contributed by atoms with Gasteiger partial charge in [-0.2, -0.15) is 0 Å². The number of hydrogen-bond donors (Lipinski definition) is 1. The molecule has 4 heteroatoms. The summed E-state index contributed by atoms with van der Waals surface area (Å²) < 4.78 is 0.00797. The molecule has 19 heavy (non-hydrogen) atoms. The summed E-state index contributed by atoms with van der Waals surface area (Å²) in [6.45, 7) is 10.9. The fourth-order valence-corrected chi connectivity index (χ4v) is 5.25. The van der Waals surface area contributed by atoms with E-state index in [1.54, 1.807) is 0 Å². The van der Waals surface area contributed by atoms with E-state index >= 15 is 0 Å². The zero-order valence-corrected chi connectivity index (χ0v) is 15.8. The van der Waals surface area contributed by atoms with Crippen molar-refractivity contribution in [1.82, 2.24) is 0 Å². The first-order valence-electron chi connectivity index (χ1n) is 6.88. The fourth-order valence-electron chi connectivity index (χ4n) is 3.89. The summed E-state index contributed by atoms with van der Waals surface area (Å²) in [6, 6.07) is 0. The number of aliphatic hydroxyl groups excluding tert-OH is 1. The van der Waals surface area contributed by atoms with Crippen LogP contribution in [-0.2, 0) is 0 Å². The predicted molar refractivity (Wildman–Crippen MR) is 89.5 cm³/mol. The van der Waals surface area contributed by atoms with Gasteiger partial charge in [0.25, 0.3) is 0 Å². The first-order valence-corrected chi connectivity index (χ1v) is 9.02. The summed E-state index contributed by atoms with van der Waals surface area (Å²) in [7, 11) is 0. The van der Waals surface area contributed by atoms with Crippen molar-refractivity contribution in [3.05, 3.63) is 12.2 Å². The van der Waals surface area contributed by atoms with E-state index in [0.29, 0.717) is 6.42 Å². The van der Waals surface area contributed by atoms with Gasteiger partial charge in [-0.15, -0.1) is 11.6 Å². The zero-order chi connectivity index (χ0) is 14.6. The van der Waals surface area contributed by atoms with E-state index in [0.717, 1.165) is 19.3 Å². The summed E-state index contributed by atoms with van der Waals surface area (Å²) >= 11 is 14.1. The van der Waals surface area contributed by atoms with E-state index in [2.05, 4.69) is 59.2 Å². The Hall–Kier alpha value is 0.950. The van der Waals surface area contributed by atoms with Gasteiger partial charge in [0.1, 0.15) is 0 Å². The number of rotatable bonds is 0. The van der Waals surface area contributed by atoms with E-state index < -0.39 is 0 Å². The lowest BCUT2D eigenvalue weighted by Gasteiger charge is -2.60. The molecule has 2 fully saturated rings. The fraction of sp³-hybridized carbons (Fsp3) is 0.867. The maximum absolute atomic E-state index is 10.2. The van der Waals surface area contributed by atoms with Crippen molar-refractivity contribution in [3.63, 3.8) is 0 Å². The van der Waals surface area contributed by atoms with Crippen LogP contribution in [0.2, 0.25) is 0 Å². The molecule has 0 aromatic heterocycles. The second kappa shape index (κ2) is 5.00. The number of aliphatic hydroxyl groups is 1. The molecule has 2 saturated carbocycles. The van der Waals surface area contributed by atoms with Crippen LogP contribution in [0.4, 0.5) is 0 Å². The van der Waals surface area contributed by atoms with Crippen molar-refractivity contribution >= 4 is 43.5 Å². The summed E-state index contributed by atoms with van der Waals surface area (Å²) in [5.41, 5.74) is 1.16. The normalized spacial score (nSPS) is 50.5. The summed E-state index contributed by atoms with van der Waals surface area (Å²) in [5, 5.41) is 10.3. The average molecular weight is 415 g/mol. The van der Waals surface area contributed by atoms with E-state index in [1.165, 1.54) is 5.57 Å². The molecule has 0 bridgehead atoms. The monoisotopic (exact) mass is 412 g/mol. The standard InChI is InChI=1S/C15H23Br2ClO/c1-9-7-10(19)12(16)13(2,3)15(9)6-5-14(4,17)11(18)8-15/h10-12,19H,1,5-8H2,2-4H3/t10-,11+,12-,14-,15+/m0/s1. The Kier molecular flexibility index (Phi) is 4.29. The SMILES string of the molecule is C=C1C[C@H](O)[C@H](Br)C(C)(C)[C@@]12CC[C@](C)(Br)[C@H](Cl)C2. The lowest BCUT2D eigenvalue weighted by atomic mass is 9.49. The third-order valence-corrected chi connectivity index (χ3v) is 9.22. The molecule has 0 aliphatic heterocycles. The van der Waals surface area contributed by atoms with Crippen LogP contribution in [0, 0.1) is 10.8 Å². The first-order chi connectivity index (χ1) is 8.54. The molecule has 0 aromatic rings. The molecule has 110 valence electrons. The highest BCUT2D eigenvalue weighted by Crippen LogP contribution is 2.64. The maximum atomic E-state index is 10.2. The average Bonchev–Trinajstić information content (AvgIpc) is 2.29. The highest BCUT2D eigenvalue weighted by molar-refractivity contribution is 9.10. The highest BCUT2D eigenvalue weighted by Gasteiger charge is 2.59. The van der Waals surface area contributed by atoms with Crippen LogP contribution in [0.3, 0.4) is 0 Å². The molecule has 2 rings (SSSR count). The molecular formula is C15H23Br2ClO. The number of hydrogen-bond acceptors (Lipinski definition) is 1. The molecule has 0 aromatic carbocycles. The van der Waals surface area contributed by atoms with Gasteiger partial charge in [0.15, 0.2) is 0 Å². The Bertz CT molecular complexity index is 394. The lowest BCUT2D eigenvalue weighted by molar-refractivity contribution is -0.0175. The van der Waals surface area contributed by atoms with Crippen LogP contribution in [-0.4, -0.2) is 25.7 Å². The third-order valence-electron chi connectivity index (χ3n) is 5.61. The topological polar surface area (TPSA) is 20.2 Å². The van der Waals surface area contributed by atoms with Gasteiger partial charge in [-0.05, 0) is 43.4 Å². The van der Waals surface area contributed by atoms with Crippen LogP contribution in [0.5, 0.6) is 0 Å². The molecule has 0 heterocycles. The molecular weight excluding hydrogens is 391 g/mol. The second-order valence-electron chi connectivity index (χ2n) is 7.03. The highest BCUT2D eigenvalue weighted by atomic mass is 79.9. The van der Waals surface area contributed by atoms with Crippen molar-refractivity contribution in [2.24, 2.45) is 10.8 Å². The van der Waals surface area contributed by atoms with Crippen LogP contribution >= 0.6 is 43.5 Å². The van der Waals surface area contributed by atoms with Crippen LogP contribution < -0.4 is 0 Å². The summed E-state index contributed by atoms with van der Waals surface area (Å²) in [5.74, 6) is 0. The molecule has 0 amide bonds. The van der Waals surface area contributed by atoms with Gasteiger partial charge in [0, 0.05) is 14.5 Å². The van der Waals surface area contributed by atoms with Crippen LogP contribution in [0.15, 0.2) is 12.2 Å². The van der Waals surface area contributed by atoms with E-state index in [1.807, 2.05) is 0 Å². The van der Waals surface area contributed by atoms with Crippen molar-refractivity contribution in [3.8, 4) is 0 Å². The Morgan fingerprint density at radius 3 is 2.42 bits per heavy atom. The quantitative estimate of drug-likeness (QED) is 0.435. The van der Waals surface area contributed by atoms with Crippen molar-refractivity contribution in [2.45, 2.75) is 67.1 Å². The minimum atomic E-state index is -0.348. The van der Waals surface area contributed by atoms with E-state index in [4.69, 9.17) is 11.6 Å². The maximum Gasteiger partial charge on any atom is 0.0707 e. The molecule has 0 radical (unpaired) electrons. The van der Waals surface area contributed by atoms with Crippen molar-refractivity contribution in [1.29, 1.82) is 0 Å². The first kappa shape index (κ1) is 16.3. The largest absolute Gasteiger partial charge is 0.392 e. The van der Waals surface area contributed by atoms with E-state index in [-0.39, 0.29) is 31.5 Å². The smallest absolute Gasteiger partial charge is 0.0707 e. The molecule has 0 unspecified atom stereocenters. The Labute approximate surface area is 138 Å². The Morgan fingerprint density at radius 2 is 1.89 bits per heavy atom. The minimum Gasteiger partial charge on any atom is -0.392 e. The molecule has 5 atom stereocenters. The van der Waals surface area contributed by atoms with Gasteiger partial charge in [0.2, 0.25) is 0 Å². The van der Waals surface area contributed by atoms with E-state index in [9.17, 15) is 5.11 Å². The van der Waals surface area contributed by atoms with Gasteiger partial charge < -0.3 is 5.11 Å². The Balaban J connectivity index is 2.39. The second-order valence-corrected chi connectivity index (χ2v) is 10.4. The molecule has 0 saturated heterocycles. The number of alkyl halides is 3. The summed E-state index contributed by atoms with van der Waals surface area (Å²) in [6.07, 6.45) is 3.39. The molecule has 1 N–H and O–H groups in total. The van der Waals surface area contributed by atoms with Gasteiger partial charge in [-0.3, -0.25) is 0 Å². The predicted octanol–water partition coefficient (Wildman–Crippen LogP) is 5.03. The molecule has 1 spiro atoms. The van der Waals surface area contributed by atoms with Crippen molar-refractivity contribution in [2.75, 3.05) is 0 Å². The lowest BCUT2D eigenvalue weighted by Crippen LogP contribution is -2.58.